The SMILES string of the molecule is COc1ccc(OC)c(C(N)C2CCC(C(C)C)CC2)c1. The molecule has 0 spiro atoms. The van der Waals surface area contributed by atoms with E-state index in [1.807, 2.05) is 18.2 Å². The van der Waals surface area contributed by atoms with Crippen molar-refractivity contribution in [2.45, 2.75) is 45.6 Å². The summed E-state index contributed by atoms with van der Waals surface area (Å²) in [6.07, 6.45) is 5.01. The van der Waals surface area contributed by atoms with E-state index < -0.39 is 0 Å². The number of hydrogen-bond donors (Lipinski definition) is 1. The Morgan fingerprint density at radius 2 is 1.62 bits per heavy atom. The first-order chi connectivity index (χ1) is 10.1. The van der Waals surface area contributed by atoms with E-state index in [9.17, 15) is 0 Å². The van der Waals surface area contributed by atoms with E-state index in [-0.39, 0.29) is 6.04 Å². The lowest BCUT2D eigenvalue weighted by Gasteiger charge is -2.34. The Morgan fingerprint density at radius 1 is 1.00 bits per heavy atom. The molecule has 0 saturated heterocycles. The molecular formula is C18H29NO2. The number of hydrogen-bond acceptors (Lipinski definition) is 3. The van der Waals surface area contributed by atoms with Crippen LogP contribution >= 0.6 is 0 Å². The van der Waals surface area contributed by atoms with E-state index in [1.165, 1.54) is 25.7 Å². The number of rotatable bonds is 5. The predicted octanol–water partition coefficient (Wildman–Crippen LogP) is 4.17. The summed E-state index contributed by atoms with van der Waals surface area (Å²) >= 11 is 0. The molecular weight excluding hydrogens is 262 g/mol. The Bertz CT molecular complexity index is 451. The number of benzene rings is 1. The van der Waals surface area contributed by atoms with Gasteiger partial charge in [0, 0.05) is 11.6 Å². The summed E-state index contributed by atoms with van der Waals surface area (Å²) < 4.78 is 10.8. The third-order valence-corrected chi connectivity index (χ3v) is 5.06. The smallest absolute Gasteiger partial charge is 0.123 e. The first-order valence-corrected chi connectivity index (χ1v) is 8.04. The number of methoxy groups -OCH3 is 2. The van der Waals surface area contributed by atoms with Crippen LogP contribution in [-0.2, 0) is 0 Å². The molecule has 3 heteroatoms. The van der Waals surface area contributed by atoms with Crippen molar-refractivity contribution in [3.05, 3.63) is 23.8 Å². The standard InChI is InChI=1S/C18H29NO2/c1-12(2)13-5-7-14(8-6-13)18(19)16-11-15(20-3)9-10-17(16)21-4/h9-14,18H,5-8,19H2,1-4H3. The van der Waals surface area contributed by atoms with Gasteiger partial charge in [-0.3, -0.25) is 0 Å². The molecule has 1 fully saturated rings. The van der Waals surface area contributed by atoms with Crippen LogP contribution in [0.1, 0.15) is 51.1 Å². The van der Waals surface area contributed by atoms with Gasteiger partial charge in [-0.15, -0.1) is 0 Å². The maximum Gasteiger partial charge on any atom is 0.123 e. The second kappa shape index (κ2) is 7.17. The average molecular weight is 291 g/mol. The fourth-order valence-electron chi connectivity index (χ4n) is 3.52. The summed E-state index contributed by atoms with van der Waals surface area (Å²) in [6.45, 7) is 4.66. The summed E-state index contributed by atoms with van der Waals surface area (Å²) in [5.41, 5.74) is 7.63. The molecule has 1 aromatic carbocycles. The molecule has 0 heterocycles. The highest BCUT2D eigenvalue weighted by Crippen LogP contribution is 2.41. The first-order valence-electron chi connectivity index (χ1n) is 8.04. The van der Waals surface area contributed by atoms with Crippen LogP contribution in [0.4, 0.5) is 0 Å². The van der Waals surface area contributed by atoms with Gasteiger partial charge in [0.15, 0.2) is 0 Å². The molecule has 2 rings (SSSR count). The minimum Gasteiger partial charge on any atom is -0.497 e. The lowest BCUT2D eigenvalue weighted by atomic mass is 9.73. The van der Waals surface area contributed by atoms with Gasteiger partial charge in [0.05, 0.1) is 14.2 Å². The van der Waals surface area contributed by atoms with Crippen LogP contribution < -0.4 is 15.2 Å². The molecule has 1 atom stereocenters. The van der Waals surface area contributed by atoms with E-state index in [0.29, 0.717) is 5.92 Å². The summed E-state index contributed by atoms with van der Waals surface area (Å²) in [7, 11) is 3.39. The minimum atomic E-state index is 0.0307. The highest BCUT2D eigenvalue weighted by molar-refractivity contribution is 5.42. The Hall–Kier alpha value is -1.22. The molecule has 0 aromatic heterocycles. The van der Waals surface area contributed by atoms with E-state index in [4.69, 9.17) is 15.2 Å². The molecule has 2 N–H and O–H groups in total. The van der Waals surface area contributed by atoms with Crippen molar-refractivity contribution in [3.63, 3.8) is 0 Å². The molecule has 1 saturated carbocycles. The summed E-state index contributed by atoms with van der Waals surface area (Å²) in [5.74, 6) is 3.90. The molecule has 0 radical (unpaired) electrons. The van der Waals surface area contributed by atoms with Gasteiger partial charge in [-0.25, -0.2) is 0 Å². The van der Waals surface area contributed by atoms with Crippen LogP contribution in [0.5, 0.6) is 11.5 Å². The topological polar surface area (TPSA) is 44.5 Å². The van der Waals surface area contributed by atoms with E-state index in [1.54, 1.807) is 14.2 Å². The average Bonchev–Trinajstić information content (AvgIpc) is 2.53. The van der Waals surface area contributed by atoms with Crippen molar-refractivity contribution in [1.29, 1.82) is 0 Å². The van der Waals surface area contributed by atoms with Crippen molar-refractivity contribution in [1.82, 2.24) is 0 Å². The summed E-state index contributed by atoms with van der Waals surface area (Å²) in [4.78, 5) is 0. The van der Waals surface area contributed by atoms with Crippen LogP contribution in [0.15, 0.2) is 18.2 Å². The molecule has 1 aliphatic carbocycles. The van der Waals surface area contributed by atoms with Crippen LogP contribution in [-0.4, -0.2) is 14.2 Å². The highest BCUT2D eigenvalue weighted by Gasteiger charge is 2.29. The van der Waals surface area contributed by atoms with Gasteiger partial charge in [0.1, 0.15) is 11.5 Å². The zero-order chi connectivity index (χ0) is 15.4. The third-order valence-electron chi connectivity index (χ3n) is 5.06. The highest BCUT2D eigenvalue weighted by atomic mass is 16.5. The van der Waals surface area contributed by atoms with Gasteiger partial charge in [0.2, 0.25) is 0 Å². The zero-order valence-electron chi connectivity index (χ0n) is 13.8. The Morgan fingerprint density at radius 3 is 2.14 bits per heavy atom. The van der Waals surface area contributed by atoms with Crippen molar-refractivity contribution < 1.29 is 9.47 Å². The fourth-order valence-corrected chi connectivity index (χ4v) is 3.52. The molecule has 0 amide bonds. The lowest BCUT2D eigenvalue weighted by Crippen LogP contribution is -2.27. The second-order valence-corrected chi connectivity index (χ2v) is 6.55. The van der Waals surface area contributed by atoms with Crippen LogP contribution in [0, 0.1) is 17.8 Å². The molecule has 118 valence electrons. The molecule has 3 nitrogen and oxygen atoms in total. The minimum absolute atomic E-state index is 0.0307. The molecule has 0 bridgehead atoms. The third kappa shape index (κ3) is 3.70. The quantitative estimate of drug-likeness (QED) is 0.885. The summed E-state index contributed by atoms with van der Waals surface area (Å²) in [5, 5.41) is 0. The van der Waals surface area contributed by atoms with E-state index in [2.05, 4.69) is 13.8 Å². The van der Waals surface area contributed by atoms with Crippen molar-refractivity contribution in [2.75, 3.05) is 14.2 Å². The van der Waals surface area contributed by atoms with Crippen LogP contribution in [0.2, 0.25) is 0 Å². The first kappa shape index (κ1) is 16.2. The van der Waals surface area contributed by atoms with Gasteiger partial charge in [-0.05, 0) is 61.6 Å². The van der Waals surface area contributed by atoms with E-state index >= 15 is 0 Å². The summed E-state index contributed by atoms with van der Waals surface area (Å²) in [6, 6.07) is 5.93. The normalized spacial score (nSPS) is 23.9. The number of ether oxygens (including phenoxy) is 2. The largest absolute Gasteiger partial charge is 0.497 e. The predicted molar refractivity (Wildman–Crippen MR) is 86.8 cm³/mol. The van der Waals surface area contributed by atoms with Crippen LogP contribution in [0.3, 0.4) is 0 Å². The van der Waals surface area contributed by atoms with Crippen molar-refractivity contribution in [2.24, 2.45) is 23.5 Å². The zero-order valence-corrected chi connectivity index (χ0v) is 13.8. The van der Waals surface area contributed by atoms with Crippen molar-refractivity contribution >= 4 is 0 Å². The Balaban J connectivity index is 2.11. The van der Waals surface area contributed by atoms with Gasteiger partial charge in [-0.2, -0.15) is 0 Å². The molecule has 1 aromatic rings. The number of nitrogens with two attached hydrogens (primary N) is 1. The Labute approximate surface area is 128 Å². The Kier molecular flexibility index (Phi) is 5.51. The van der Waals surface area contributed by atoms with Gasteiger partial charge < -0.3 is 15.2 Å². The van der Waals surface area contributed by atoms with Crippen LogP contribution in [0.25, 0.3) is 0 Å². The second-order valence-electron chi connectivity index (χ2n) is 6.55. The maximum atomic E-state index is 6.56. The van der Waals surface area contributed by atoms with Gasteiger partial charge in [-0.1, -0.05) is 13.8 Å². The molecule has 1 aliphatic rings. The molecule has 0 aliphatic heterocycles. The monoisotopic (exact) mass is 291 g/mol. The maximum absolute atomic E-state index is 6.56. The van der Waals surface area contributed by atoms with E-state index in [0.717, 1.165) is 28.9 Å². The fraction of sp³-hybridized carbons (Fsp3) is 0.667. The van der Waals surface area contributed by atoms with Gasteiger partial charge >= 0.3 is 0 Å². The van der Waals surface area contributed by atoms with Crippen molar-refractivity contribution in [3.8, 4) is 11.5 Å². The van der Waals surface area contributed by atoms with Gasteiger partial charge in [0.25, 0.3) is 0 Å². The molecule has 1 unspecified atom stereocenters. The lowest BCUT2D eigenvalue weighted by molar-refractivity contribution is 0.202. The molecule has 21 heavy (non-hydrogen) atoms.